The third-order valence-electron chi connectivity index (χ3n) is 2.13. The first-order valence-electron chi connectivity index (χ1n) is 4.26. The van der Waals surface area contributed by atoms with Crippen LogP contribution in [-0.4, -0.2) is 5.16 Å². The average molecular weight is 379 g/mol. The minimum absolute atomic E-state index is 0.441. The van der Waals surface area contributed by atoms with Crippen LogP contribution in [0.4, 0.5) is 5.82 Å². The number of nitrogens with two attached hydrogens (primary N) is 1. The molecule has 0 spiro atoms. The fraction of sp³-hybridized carbons (Fsp3) is 0.100. The lowest BCUT2D eigenvalue weighted by atomic mass is 10.1. The maximum absolute atomic E-state index is 5.64. The largest absolute Gasteiger partial charge is 0.381 e. The van der Waals surface area contributed by atoms with Gasteiger partial charge in [0.05, 0.1) is 0 Å². The summed E-state index contributed by atoms with van der Waals surface area (Å²) in [6, 6.07) is 6.02. The van der Waals surface area contributed by atoms with E-state index in [2.05, 4.69) is 43.7 Å². The van der Waals surface area contributed by atoms with E-state index in [1.54, 1.807) is 0 Å². The zero-order valence-electron chi connectivity index (χ0n) is 7.92. The number of hydrogen-bond donors (Lipinski definition) is 1. The number of benzene rings is 1. The molecule has 2 aromatic rings. The number of nitrogen functional groups attached to an aromatic ring is 1. The van der Waals surface area contributed by atoms with Crippen LogP contribution in [0.1, 0.15) is 5.56 Å². The van der Waals surface area contributed by atoms with Crippen molar-refractivity contribution in [1.82, 2.24) is 5.16 Å². The van der Waals surface area contributed by atoms with Crippen molar-refractivity contribution in [2.24, 2.45) is 0 Å². The fourth-order valence-corrected chi connectivity index (χ4v) is 2.19. The van der Waals surface area contributed by atoms with Gasteiger partial charge in [-0.1, -0.05) is 21.1 Å². The Labute approximate surface area is 109 Å². The number of nitrogens with zero attached hydrogens (tertiary/aromatic N) is 1. The Hall–Kier alpha value is -0.560. The molecule has 5 heteroatoms. The Kier molecular flexibility index (Phi) is 3.01. The Balaban J connectivity index is 2.63. The summed E-state index contributed by atoms with van der Waals surface area (Å²) in [7, 11) is 0. The van der Waals surface area contributed by atoms with Gasteiger partial charge in [0.1, 0.15) is 0 Å². The second kappa shape index (κ2) is 4.13. The van der Waals surface area contributed by atoms with Crippen LogP contribution in [0.3, 0.4) is 0 Å². The molecule has 0 fully saturated rings. The first kappa shape index (κ1) is 10.9. The summed E-state index contributed by atoms with van der Waals surface area (Å²) >= 11 is 5.73. The quantitative estimate of drug-likeness (QED) is 0.771. The summed E-state index contributed by atoms with van der Waals surface area (Å²) in [5.74, 6) is 1.16. The molecule has 0 bridgehead atoms. The molecule has 0 saturated heterocycles. The standard InChI is InChI=1S/C10H8BrIN2O/c1-5-9(15-14-10(5)13)7-4-6(12)2-3-8(7)11/h2-4H,1H3,(H2,13,14). The van der Waals surface area contributed by atoms with Gasteiger partial charge in [0.2, 0.25) is 0 Å². The van der Waals surface area contributed by atoms with Gasteiger partial charge in [0.25, 0.3) is 0 Å². The predicted molar refractivity (Wildman–Crippen MR) is 71.5 cm³/mol. The summed E-state index contributed by atoms with van der Waals surface area (Å²) < 4.78 is 7.32. The second-order valence-electron chi connectivity index (χ2n) is 3.15. The van der Waals surface area contributed by atoms with Crippen LogP contribution >= 0.6 is 38.5 Å². The van der Waals surface area contributed by atoms with Crippen LogP contribution in [0.2, 0.25) is 0 Å². The highest BCUT2D eigenvalue weighted by Gasteiger charge is 2.14. The summed E-state index contributed by atoms with van der Waals surface area (Å²) in [4.78, 5) is 0. The van der Waals surface area contributed by atoms with E-state index in [4.69, 9.17) is 10.3 Å². The minimum Gasteiger partial charge on any atom is -0.381 e. The zero-order valence-corrected chi connectivity index (χ0v) is 11.7. The molecule has 0 radical (unpaired) electrons. The minimum atomic E-state index is 0.441. The summed E-state index contributed by atoms with van der Waals surface area (Å²) in [5, 5.41) is 3.74. The van der Waals surface area contributed by atoms with Gasteiger partial charge in [-0.2, -0.15) is 0 Å². The molecule has 0 aliphatic rings. The van der Waals surface area contributed by atoms with Crippen molar-refractivity contribution >= 4 is 44.3 Å². The summed E-state index contributed by atoms with van der Waals surface area (Å²) in [5.41, 5.74) is 7.49. The number of anilines is 1. The monoisotopic (exact) mass is 378 g/mol. The number of aromatic nitrogens is 1. The third-order valence-corrected chi connectivity index (χ3v) is 3.50. The Morgan fingerprint density at radius 3 is 2.80 bits per heavy atom. The third kappa shape index (κ3) is 2.03. The van der Waals surface area contributed by atoms with Crippen molar-refractivity contribution in [2.75, 3.05) is 5.73 Å². The number of hydrogen-bond acceptors (Lipinski definition) is 3. The van der Waals surface area contributed by atoms with Crippen molar-refractivity contribution in [3.63, 3.8) is 0 Å². The van der Waals surface area contributed by atoms with Crippen LogP contribution < -0.4 is 5.73 Å². The molecule has 0 aliphatic heterocycles. The van der Waals surface area contributed by atoms with Gasteiger partial charge in [-0.05, 0) is 47.7 Å². The maximum Gasteiger partial charge on any atom is 0.173 e. The molecule has 1 aromatic carbocycles. The van der Waals surface area contributed by atoms with Gasteiger partial charge in [-0.15, -0.1) is 0 Å². The van der Waals surface area contributed by atoms with E-state index < -0.39 is 0 Å². The molecule has 2 rings (SSSR count). The van der Waals surface area contributed by atoms with E-state index in [0.717, 1.165) is 24.9 Å². The smallest absolute Gasteiger partial charge is 0.173 e. The summed E-state index contributed by atoms with van der Waals surface area (Å²) in [6.07, 6.45) is 0. The van der Waals surface area contributed by atoms with E-state index in [1.165, 1.54) is 0 Å². The number of rotatable bonds is 1. The van der Waals surface area contributed by atoms with Crippen molar-refractivity contribution in [3.05, 3.63) is 31.8 Å². The van der Waals surface area contributed by atoms with Crippen LogP contribution in [-0.2, 0) is 0 Å². The molecule has 0 saturated carbocycles. The highest BCUT2D eigenvalue weighted by atomic mass is 127. The van der Waals surface area contributed by atoms with Gasteiger partial charge in [0.15, 0.2) is 11.6 Å². The van der Waals surface area contributed by atoms with E-state index in [0.29, 0.717) is 5.82 Å². The topological polar surface area (TPSA) is 52.0 Å². The van der Waals surface area contributed by atoms with Gasteiger partial charge >= 0.3 is 0 Å². The van der Waals surface area contributed by atoms with Gasteiger partial charge in [0, 0.05) is 19.2 Å². The molecule has 78 valence electrons. The first-order valence-corrected chi connectivity index (χ1v) is 6.14. The summed E-state index contributed by atoms with van der Waals surface area (Å²) in [6.45, 7) is 1.90. The lowest BCUT2D eigenvalue weighted by Gasteiger charge is -2.01. The normalized spacial score (nSPS) is 10.6. The van der Waals surface area contributed by atoms with E-state index in [-0.39, 0.29) is 0 Å². The molecule has 3 nitrogen and oxygen atoms in total. The molecular formula is C10H8BrIN2O. The molecule has 1 heterocycles. The molecular weight excluding hydrogens is 371 g/mol. The molecule has 15 heavy (non-hydrogen) atoms. The Bertz CT molecular complexity index is 510. The van der Waals surface area contributed by atoms with Crippen molar-refractivity contribution in [2.45, 2.75) is 6.92 Å². The van der Waals surface area contributed by atoms with Crippen LogP contribution in [0.25, 0.3) is 11.3 Å². The lowest BCUT2D eigenvalue weighted by Crippen LogP contribution is -1.87. The van der Waals surface area contributed by atoms with Gasteiger partial charge < -0.3 is 10.3 Å². The Morgan fingerprint density at radius 1 is 1.47 bits per heavy atom. The fourth-order valence-electron chi connectivity index (χ4n) is 1.27. The van der Waals surface area contributed by atoms with Crippen LogP contribution in [0.5, 0.6) is 0 Å². The van der Waals surface area contributed by atoms with E-state index in [9.17, 15) is 0 Å². The zero-order chi connectivity index (χ0) is 11.0. The predicted octanol–water partition coefficient (Wildman–Crippen LogP) is 3.60. The molecule has 1 aromatic heterocycles. The van der Waals surface area contributed by atoms with Crippen LogP contribution in [0, 0.1) is 10.5 Å². The van der Waals surface area contributed by atoms with E-state index in [1.807, 2.05) is 25.1 Å². The molecule has 0 aliphatic carbocycles. The van der Waals surface area contributed by atoms with Crippen molar-refractivity contribution in [3.8, 4) is 11.3 Å². The SMILES string of the molecule is Cc1c(N)noc1-c1cc(I)ccc1Br. The molecule has 0 atom stereocenters. The van der Waals surface area contributed by atoms with Crippen molar-refractivity contribution in [1.29, 1.82) is 0 Å². The van der Waals surface area contributed by atoms with E-state index >= 15 is 0 Å². The van der Waals surface area contributed by atoms with Gasteiger partial charge in [-0.25, -0.2) is 0 Å². The van der Waals surface area contributed by atoms with Crippen LogP contribution in [0.15, 0.2) is 27.2 Å². The highest BCUT2D eigenvalue weighted by molar-refractivity contribution is 14.1. The average Bonchev–Trinajstić information content (AvgIpc) is 2.52. The maximum atomic E-state index is 5.64. The first-order chi connectivity index (χ1) is 7.09. The number of halogens is 2. The Morgan fingerprint density at radius 2 is 2.20 bits per heavy atom. The lowest BCUT2D eigenvalue weighted by molar-refractivity contribution is 0.435. The highest BCUT2D eigenvalue weighted by Crippen LogP contribution is 2.33. The van der Waals surface area contributed by atoms with Crippen molar-refractivity contribution < 1.29 is 4.52 Å². The molecule has 2 N–H and O–H groups in total. The molecule has 0 unspecified atom stereocenters. The second-order valence-corrected chi connectivity index (χ2v) is 5.25. The van der Waals surface area contributed by atoms with Gasteiger partial charge in [-0.3, -0.25) is 0 Å². The molecule has 0 amide bonds.